The Morgan fingerprint density at radius 2 is 2.00 bits per heavy atom. The van der Waals surface area contributed by atoms with Crippen LogP contribution in [0.25, 0.3) is 0 Å². The summed E-state index contributed by atoms with van der Waals surface area (Å²) >= 11 is 0. The maximum absolute atomic E-state index is 11.6. The summed E-state index contributed by atoms with van der Waals surface area (Å²) in [6.45, 7) is 3.51. The van der Waals surface area contributed by atoms with Crippen LogP contribution in [0.4, 0.5) is 0 Å². The molecule has 1 aliphatic heterocycles. The quantitative estimate of drug-likeness (QED) is 0.544. The minimum atomic E-state index is -0.371. The molecule has 0 atom stereocenters. The number of carbonyl (C=O) groups excluding carboxylic acids is 1. The van der Waals surface area contributed by atoms with E-state index in [0.29, 0.717) is 5.75 Å². The van der Waals surface area contributed by atoms with Gasteiger partial charge in [0.25, 0.3) is 0 Å². The van der Waals surface area contributed by atoms with Crippen molar-refractivity contribution < 1.29 is 9.53 Å². The average molecular weight is 206 g/mol. The Bertz CT molecular complexity index is 359. The van der Waals surface area contributed by atoms with Crippen molar-refractivity contribution >= 4 is 5.97 Å². The molecule has 0 unspecified atom stereocenters. The topological polar surface area (TPSA) is 50.4 Å². The van der Waals surface area contributed by atoms with Crippen LogP contribution in [0.3, 0.4) is 0 Å². The third kappa shape index (κ3) is 2.34. The normalized spacial score (nSPS) is 16.6. The van der Waals surface area contributed by atoms with Crippen molar-refractivity contribution in [2.75, 3.05) is 13.1 Å². The predicted molar refractivity (Wildman–Crippen MR) is 56.6 cm³/mol. The summed E-state index contributed by atoms with van der Waals surface area (Å²) in [6.07, 6.45) is -0.371. The first-order chi connectivity index (χ1) is 7.27. The van der Waals surface area contributed by atoms with Crippen molar-refractivity contribution in [3.8, 4) is 5.75 Å². The molecule has 80 valence electrons. The van der Waals surface area contributed by atoms with E-state index in [2.05, 4.69) is 10.6 Å². The predicted octanol–water partition coefficient (Wildman–Crippen LogP) is 0.419. The molecule has 1 heterocycles. The summed E-state index contributed by atoms with van der Waals surface area (Å²) in [5.41, 5.74) is 0.962. The number of para-hydroxylation sites is 1. The summed E-state index contributed by atoms with van der Waals surface area (Å²) in [7, 11) is 0. The Balaban J connectivity index is 2.02. The van der Waals surface area contributed by atoms with Crippen molar-refractivity contribution in [2.24, 2.45) is 0 Å². The maximum atomic E-state index is 11.6. The van der Waals surface area contributed by atoms with Gasteiger partial charge in [0.05, 0.1) is 0 Å². The van der Waals surface area contributed by atoms with Gasteiger partial charge >= 0.3 is 5.97 Å². The van der Waals surface area contributed by atoms with E-state index >= 15 is 0 Å². The van der Waals surface area contributed by atoms with Gasteiger partial charge in [-0.3, -0.25) is 10.6 Å². The third-order valence-corrected chi connectivity index (χ3v) is 2.36. The first kappa shape index (κ1) is 10.1. The fourth-order valence-corrected chi connectivity index (χ4v) is 1.51. The van der Waals surface area contributed by atoms with Crippen molar-refractivity contribution in [1.29, 1.82) is 0 Å². The number of ether oxygens (including phenoxy) is 1. The highest BCUT2D eigenvalue weighted by molar-refractivity contribution is 5.78. The molecular formula is C11H14N2O2. The molecule has 4 nitrogen and oxygen atoms in total. The molecule has 0 aromatic heterocycles. The van der Waals surface area contributed by atoms with Gasteiger partial charge in [0.1, 0.15) is 5.75 Å². The molecule has 2 rings (SSSR count). The fraction of sp³-hybridized carbons (Fsp3) is 0.364. The Kier molecular flexibility index (Phi) is 2.99. The Morgan fingerprint density at radius 1 is 1.33 bits per heavy atom. The molecule has 0 amide bonds. The van der Waals surface area contributed by atoms with Gasteiger partial charge in [-0.15, -0.1) is 0 Å². The second kappa shape index (κ2) is 4.42. The van der Waals surface area contributed by atoms with Gasteiger partial charge in [0, 0.05) is 13.1 Å². The molecule has 1 fully saturated rings. The molecule has 0 bridgehead atoms. The van der Waals surface area contributed by atoms with Gasteiger partial charge in [-0.25, -0.2) is 4.79 Å². The van der Waals surface area contributed by atoms with Crippen LogP contribution in [0.15, 0.2) is 24.3 Å². The van der Waals surface area contributed by atoms with Crippen LogP contribution in [-0.2, 0) is 4.79 Å². The molecule has 0 spiro atoms. The summed E-state index contributed by atoms with van der Waals surface area (Å²) in [6, 6.07) is 7.48. The maximum Gasteiger partial charge on any atom is 0.343 e. The molecule has 1 aliphatic rings. The minimum absolute atomic E-state index is 0.276. The minimum Gasteiger partial charge on any atom is -0.424 e. The van der Waals surface area contributed by atoms with Gasteiger partial charge < -0.3 is 4.74 Å². The molecular weight excluding hydrogens is 192 g/mol. The highest BCUT2D eigenvalue weighted by Crippen LogP contribution is 2.16. The third-order valence-electron chi connectivity index (χ3n) is 2.36. The molecule has 0 saturated carbocycles. The number of benzene rings is 1. The second-order valence-electron chi connectivity index (χ2n) is 3.53. The summed E-state index contributed by atoms with van der Waals surface area (Å²) < 4.78 is 5.27. The van der Waals surface area contributed by atoms with Crippen LogP contribution >= 0.6 is 0 Å². The van der Waals surface area contributed by atoms with Crippen molar-refractivity contribution in [3.63, 3.8) is 0 Å². The van der Waals surface area contributed by atoms with Crippen molar-refractivity contribution in [3.05, 3.63) is 29.8 Å². The van der Waals surface area contributed by atoms with E-state index < -0.39 is 0 Å². The van der Waals surface area contributed by atoms with Gasteiger partial charge in [0.15, 0.2) is 6.17 Å². The van der Waals surface area contributed by atoms with E-state index in [4.69, 9.17) is 4.74 Å². The molecule has 1 saturated heterocycles. The Morgan fingerprint density at radius 3 is 2.67 bits per heavy atom. The van der Waals surface area contributed by atoms with E-state index in [-0.39, 0.29) is 12.1 Å². The number of carbonyl (C=O) groups is 1. The van der Waals surface area contributed by atoms with Crippen LogP contribution in [0.2, 0.25) is 0 Å². The van der Waals surface area contributed by atoms with E-state index in [1.807, 2.05) is 25.1 Å². The molecule has 15 heavy (non-hydrogen) atoms. The van der Waals surface area contributed by atoms with Crippen molar-refractivity contribution in [2.45, 2.75) is 13.1 Å². The highest BCUT2D eigenvalue weighted by atomic mass is 16.5. The Hall–Kier alpha value is -1.39. The molecule has 0 aliphatic carbocycles. The van der Waals surface area contributed by atoms with Gasteiger partial charge in [-0.05, 0) is 18.6 Å². The summed E-state index contributed by atoms with van der Waals surface area (Å²) in [4.78, 5) is 11.6. The number of aryl methyl sites for hydroxylation is 1. The molecule has 0 radical (unpaired) electrons. The zero-order valence-electron chi connectivity index (χ0n) is 8.62. The first-order valence-electron chi connectivity index (χ1n) is 5.01. The summed E-state index contributed by atoms with van der Waals surface area (Å²) in [5, 5.41) is 6.02. The van der Waals surface area contributed by atoms with Gasteiger partial charge in [-0.2, -0.15) is 0 Å². The van der Waals surface area contributed by atoms with Crippen LogP contribution in [0.5, 0.6) is 5.75 Å². The standard InChI is InChI=1S/C11H14N2O2/c1-8-4-2-3-5-9(8)15-11(14)10-12-6-7-13-10/h2-5,10,12-13H,6-7H2,1H3. The average Bonchev–Trinajstić information content (AvgIpc) is 2.74. The highest BCUT2D eigenvalue weighted by Gasteiger charge is 2.23. The van der Waals surface area contributed by atoms with E-state index in [9.17, 15) is 4.79 Å². The van der Waals surface area contributed by atoms with E-state index in [1.165, 1.54) is 0 Å². The molecule has 2 N–H and O–H groups in total. The lowest BCUT2D eigenvalue weighted by molar-refractivity contribution is -0.136. The second-order valence-corrected chi connectivity index (χ2v) is 3.53. The Labute approximate surface area is 88.6 Å². The van der Waals surface area contributed by atoms with Gasteiger partial charge in [0.2, 0.25) is 0 Å². The number of hydrogen-bond donors (Lipinski definition) is 2. The van der Waals surface area contributed by atoms with Crippen LogP contribution < -0.4 is 15.4 Å². The fourth-order valence-electron chi connectivity index (χ4n) is 1.51. The molecule has 1 aromatic rings. The van der Waals surface area contributed by atoms with Crippen molar-refractivity contribution in [1.82, 2.24) is 10.6 Å². The monoisotopic (exact) mass is 206 g/mol. The molecule has 1 aromatic carbocycles. The van der Waals surface area contributed by atoms with Crippen LogP contribution in [-0.4, -0.2) is 25.2 Å². The smallest absolute Gasteiger partial charge is 0.343 e. The number of rotatable bonds is 2. The SMILES string of the molecule is Cc1ccccc1OC(=O)C1NCCN1. The molecule has 4 heteroatoms. The van der Waals surface area contributed by atoms with Gasteiger partial charge in [-0.1, -0.05) is 18.2 Å². The number of hydrogen-bond acceptors (Lipinski definition) is 4. The van der Waals surface area contributed by atoms with E-state index in [0.717, 1.165) is 18.7 Å². The lowest BCUT2D eigenvalue weighted by atomic mass is 10.2. The zero-order valence-corrected chi connectivity index (χ0v) is 8.62. The largest absolute Gasteiger partial charge is 0.424 e. The van der Waals surface area contributed by atoms with Crippen LogP contribution in [0, 0.1) is 6.92 Å². The summed E-state index contributed by atoms with van der Waals surface area (Å²) in [5.74, 6) is 0.347. The van der Waals surface area contributed by atoms with Crippen LogP contribution in [0.1, 0.15) is 5.56 Å². The first-order valence-corrected chi connectivity index (χ1v) is 5.01. The zero-order chi connectivity index (χ0) is 10.7. The number of nitrogens with one attached hydrogen (secondary N) is 2. The lowest BCUT2D eigenvalue weighted by Gasteiger charge is -2.11. The van der Waals surface area contributed by atoms with E-state index in [1.54, 1.807) is 6.07 Å². The number of esters is 1. The lowest BCUT2D eigenvalue weighted by Crippen LogP contribution is -2.42.